The number of thiophene rings is 2. The molecule has 146 valence electrons. The van der Waals surface area contributed by atoms with Gasteiger partial charge in [0.05, 0.1) is 16.4 Å². The fourth-order valence-corrected chi connectivity index (χ4v) is 7.09. The Hall–Kier alpha value is -1.46. The van der Waals surface area contributed by atoms with Crippen LogP contribution in [0.2, 0.25) is 4.34 Å². The van der Waals surface area contributed by atoms with Crippen molar-refractivity contribution in [2.45, 2.75) is 29.9 Å². The molecule has 0 unspecified atom stereocenters. The molecule has 3 rings (SSSR count). The maximum absolute atomic E-state index is 12.5. The molecule has 7 nitrogen and oxygen atoms in total. The number of amides is 2. The second-order valence-corrected chi connectivity index (χ2v) is 11.2. The normalized spacial score (nSPS) is 14.2. The molecule has 0 radical (unpaired) electrons. The molecule has 2 heterocycles. The van der Waals surface area contributed by atoms with Crippen LogP contribution in [-0.4, -0.2) is 38.1 Å². The van der Waals surface area contributed by atoms with E-state index in [0.29, 0.717) is 14.9 Å². The monoisotopic (exact) mass is 447 g/mol. The third-order valence-electron chi connectivity index (χ3n) is 4.25. The second-order valence-electron chi connectivity index (χ2n) is 6.15. The molecule has 1 aliphatic rings. The number of hydrogen-bond donors (Lipinski definition) is 2. The molecule has 2 aromatic rings. The lowest BCUT2D eigenvalue weighted by atomic mass is 9.95. The highest BCUT2D eigenvalue weighted by Gasteiger charge is 2.27. The Balaban J connectivity index is 1.76. The summed E-state index contributed by atoms with van der Waals surface area (Å²) in [6.07, 6.45) is 3.61. The van der Waals surface area contributed by atoms with Crippen molar-refractivity contribution >= 4 is 61.1 Å². The van der Waals surface area contributed by atoms with Crippen LogP contribution in [0.15, 0.2) is 16.3 Å². The van der Waals surface area contributed by atoms with Crippen LogP contribution >= 0.6 is 34.3 Å². The number of halogens is 1. The predicted molar refractivity (Wildman–Crippen MR) is 107 cm³/mol. The number of fused-ring (bicyclic) bond motifs is 1. The van der Waals surface area contributed by atoms with Crippen LogP contribution in [0.1, 0.15) is 33.6 Å². The average molecular weight is 448 g/mol. The fourth-order valence-electron chi connectivity index (χ4n) is 2.96. The highest BCUT2D eigenvalue weighted by Crippen LogP contribution is 2.38. The minimum Gasteiger partial charge on any atom is -0.365 e. The predicted octanol–water partition coefficient (Wildman–Crippen LogP) is 2.70. The van der Waals surface area contributed by atoms with Gasteiger partial charge < -0.3 is 11.1 Å². The van der Waals surface area contributed by atoms with E-state index in [0.717, 1.165) is 51.8 Å². The van der Waals surface area contributed by atoms with Crippen molar-refractivity contribution in [1.29, 1.82) is 0 Å². The first-order chi connectivity index (χ1) is 12.7. The van der Waals surface area contributed by atoms with Gasteiger partial charge in [0.1, 0.15) is 9.21 Å². The fraction of sp³-hybridized carbons (Fsp3) is 0.375. The summed E-state index contributed by atoms with van der Waals surface area (Å²) >= 11 is 8.06. The number of aryl methyl sites for hydroxylation is 1. The number of anilines is 1. The Labute approximate surface area is 170 Å². The first kappa shape index (κ1) is 20.3. The van der Waals surface area contributed by atoms with Gasteiger partial charge in [-0.25, -0.2) is 8.42 Å². The maximum atomic E-state index is 12.5. The van der Waals surface area contributed by atoms with Gasteiger partial charge >= 0.3 is 0 Å². The molecule has 2 aromatic heterocycles. The Morgan fingerprint density at radius 2 is 1.96 bits per heavy atom. The second kappa shape index (κ2) is 7.88. The zero-order chi connectivity index (χ0) is 19.8. The number of nitrogens with one attached hydrogen (secondary N) is 1. The van der Waals surface area contributed by atoms with Crippen molar-refractivity contribution < 1.29 is 18.0 Å². The maximum Gasteiger partial charge on any atom is 0.252 e. The van der Waals surface area contributed by atoms with E-state index >= 15 is 0 Å². The van der Waals surface area contributed by atoms with E-state index in [-0.39, 0.29) is 4.21 Å². The van der Waals surface area contributed by atoms with Gasteiger partial charge in [-0.05, 0) is 43.4 Å². The van der Waals surface area contributed by atoms with Crippen molar-refractivity contribution in [1.82, 2.24) is 4.31 Å². The van der Waals surface area contributed by atoms with Crippen LogP contribution in [-0.2, 0) is 27.7 Å². The van der Waals surface area contributed by atoms with Gasteiger partial charge in [-0.3, -0.25) is 9.59 Å². The van der Waals surface area contributed by atoms with Crippen molar-refractivity contribution in [2.24, 2.45) is 5.73 Å². The molecular weight excluding hydrogens is 430 g/mol. The van der Waals surface area contributed by atoms with Crippen LogP contribution in [0, 0.1) is 0 Å². The first-order valence-electron chi connectivity index (χ1n) is 8.16. The van der Waals surface area contributed by atoms with Crippen LogP contribution in [0.5, 0.6) is 0 Å². The summed E-state index contributed by atoms with van der Waals surface area (Å²) < 4.78 is 26.3. The highest BCUT2D eigenvalue weighted by atomic mass is 35.5. The number of nitrogens with two attached hydrogens (primary N) is 1. The number of sulfonamides is 1. The topological polar surface area (TPSA) is 110 Å². The van der Waals surface area contributed by atoms with E-state index in [1.807, 2.05) is 0 Å². The lowest BCUT2D eigenvalue weighted by Crippen LogP contribution is -2.34. The summed E-state index contributed by atoms with van der Waals surface area (Å²) in [5, 5.41) is 3.05. The Morgan fingerprint density at radius 3 is 2.59 bits per heavy atom. The molecule has 0 aromatic carbocycles. The number of likely N-dealkylation sites (N-methyl/N-ethyl adjacent to an activating group) is 1. The Morgan fingerprint density at radius 1 is 1.26 bits per heavy atom. The molecule has 1 aliphatic carbocycles. The number of nitrogens with zero attached hydrogens (tertiary/aromatic N) is 1. The molecule has 27 heavy (non-hydrogen) atoms. The summed E-state index contributed by atoms with van der Waals surface area (Å²) in [5.41, 5.74) is 6.76. The number of primary amides is 1. The van der Waals surface area contributed by atoms with Gasteiger partial charge in [-0.15, -0.1) is 22.7 Å². The van der Waals surface area contributed by atoms with Crippen molar-refractivity contribution in [2.75, 3.05) is 18.9 Å². The highest BCUT2D eigenvalue weighted by molar-refractivity contribution is 7.91. The van der Waals surface area contributed by atoms with E-state index in [1.165, 1.54) is 30.5 Å². The lowest BCUT2D eigenvalue weighted by molar-refractivity contribution is -0.116. The van der Waals surface area contributed by atoms with Crippen LogP contribution in [0.25, 0.3) is 0 Å². The van der Waals surface area contributed by atoms with Gasteiger partial charge in [0.2, 0.25) is 5.91 Å². The van der Waals surface area contributed by atoms with Crippen molar-refractivity contribution in [3.63, 3.8) is 0 Å². The number of hydrogen-bond acceptors (Lipinski definition) is 6. The van der Waals surface area contributed by atoms with Gasteiger partial charge in [-0.2, -0.15) is 4.31 Å². The molecule has 0 aliphatic heterocycles. The summed E-state index contributed by atoms with van der Waals surface area (Å²) in [6, 6.07) is 2.89. The summed E-state index contributed by atoms with van der Waals surface area (Å²) in [5.74, 6) is -1.12. The largest absolute Gasteiger partial charge is 0.365 e. The van der Waals surface area contributed by atoms with Crippen molar-refractivity contribution in [3.05, 3.63) is 32.5 Å². The molecule has 11 heteroatoms. The van der Waals surface area contributed by atoms with E-state index in [1.54, 1.807) is 0 Å². The number of carbonyl (C=O) groups excluding carboxylic acids is 2. The minimum atomic E-state index is -3.82. The van der Waals surface area contributed by atoms with Crippen LogP contribution in [0.3, 0.4) is 0 Å². The van der Waals surface area contributed by atoms with E-state index in [9.17, 15) is 18.0 Å². The standard InChI is InChI=1S/C16H18ClN3O4S3/c1-20(27(23,24)13-7-6-11(17)26-13)8-12(21)19-16-14(15(18)22)9-4-2-3-5-10(9)25-16/h6-7H,2-5,8H2,1H3,(H2,18,22)(H,19,21). The number of carbonyl (C=O) groups is 2. The molecule has 2 amide bonds. The van der Waals surface area contributed by atoms with Gasteiger partial charge in [0.15, 0.2) is 0 Å². The summed E-state index contributed by atoms with van der Waals surface area (Å²) in [4.78, 5) is 25.3. The van der Waals surface area contributed by atoms with E-state index in [2.05, 4.69) is 5.32 Å². The van der Waals surface area contributed by atoms with Crippen LogP contribution in [0.4, 0.5) is 5.00 Å². The van der Waals surface area contributed by atoms with Crippen molar-refractivity contribution in [3.8, 4) is 0 Å². The smallest absolute Gasteiger partial charge is 0.252 e. The third kappa shape index (κ3) is 4.19. The van der Waals surface area contributed by atoms with Gasteiger partial charge in [0.25, 0.3) is 15.9 Å². The van der Waals surface area contributed by atoms with Gasteiger partial charge in [-0.1, -0.05) is 11.6 Å². The van der Waals surface area contributed by atoms with Gasteiger partial charge in [0, 0.05) is 11.9 Å². The molecule has 0 saturated heterocycles. The average Bonchev–Trinajstić information content (AvgIpc) is 3.17. The van der Waals surface area contributed by atoms with Crippen LogP contribution < -0.4 is 11.1 Å². The van der Waals surface area contributed by atoms with E-state index < -0.39 is 28.4 Å². The minimum absolute atomic E-state index is 0.0622. The summed E-state index contributed by atoms with van der Waals surface area (Å²) in [7, 11) is -2.50. The molecular formula is C16H18ClN3O4S3. The molecule has 0 saturated carbocycles. The number of rotatable bonds is 6. The molecule has 3 N–H and O–H groups in total. The first-order valence-corrected chi connectivity index (χ1v) is 11.6. The van der Waals surface area contributed by atoms with E-state index in [4.69, 9.17) is 17.3 Å². The Kier molecular flexibility index (Phi) is 5.92. The zero-order valence-corrected chi connectivity index (χ0v) is 17.7. The molecule has 0 bridgehead atoms. The third-order valence-corrected chi connectivity index (χ3v) is 8.96. The zero-order valence-electron chi connectivity index (χ0n) is 14.5. The molecule has 0 atom stereocenters. The lowest BCUT2D eigenvalue weighted by Gasteiger charge is -2.15. The Bertz CT molecular complexity index is 997. The SMILES string of the molecule is CN(CC(=O)Nc1sc2c(c1C(N)=O)CCCC2)S(=O)(=O)c1ccc(Cl)s1. The molecule has 0 fully saturated rings. The molecule has 0 spiro atoms. The summed E-state index contributed by atoms with van der Waals surface area (Å²) in [6.45, 7) is -0.390. The quantitative estimate of drug-likeness (QED) is 0.709.